The zero-order valence-corrected chi connectivity index (χ0v) is 15.8. The zero-order valence-electron chi connectivity index (χ0n) is 15.8. The maximum atomic E-state index is 13.1. The van der Waals surface area contributed by atoms with Gasteiger partial charge in [-0.25, -0.2) is 4.79 Å². The molecule has 4 rings (SSSR count). The Kier molecular flexibility index (Phi) is 4.40. The van der Waals surface area contributed by atoms with E-state index in [1.54, 1.807) is 12.1 Å². The Labute approximate surface area is 163 Å². The number of ketones is 1. The van der Waals surface area contributed by atoms with Crippen molar-refractivity contribution in [3.05, 3.63) is 67.5 Å². The molecule has 0 spiro atoms. The average Bonchev–Trinajstić information content (AvgIpc) is 2.58. The van der Waals surface area contributed by atoms with E-state index in [0.717, 1.165) is 0 Å². The molecular formula is C20H19F2N3O4. The second-order valence-electron chi connectivity index (χ2n) is 8.00. The number of H-pyrrole nitrogens is 2. The number of anilines is 1. The van der Waals surface area contributed by atoms with Gasteiger partial charge in [-0.1, -0.05) is 32.0 Å². The highest BCUT2D eigenvalue weighted by molar-refractivity contribution is 6.01. The lowest BCUT2D eigenvalue weighted by Crippen LogP contribution is -2.39. The Hall–Kier alpha value is -3.23. The number of hydrogen-bond donors (Lipinski definition) is 3. The van der Waals surface area contributed by atoms with Gasteiger partial charge in [0, 0.05) is 23.3 Å². The number of rotatable bonds is 3. The number of halogens is 2. The molecule has 29 heavy (non-hydrogen) atoms. The normalized spacial score (nSPS) is 20.2. The number of ether oxygens (including phenoxy) is 1. The fourth-order valence-corrected chi connectivity index (χ4v) is 4.18. The number of alkyl halides is 2. The molecule has 0 amide bonds. The Morgan fingerprint density at radius 3 is 2.55 bits per heavy atom. The standard InChI is InChI=1S/C20H19F2N3O4/c1-20(2)7-10-14(11(26)8-20)13(9-5-3-4-6-12(9)29-18(21)22)15-16(23-10)24-19(28)25-17(15)27/h3-6,13,18H,7-8H2,1-2H3,(H3,23,24,25,27,28)/t13-/m1/s1. The van der Waals surface area contributed by atoms with Crippen LogP contribution in [0, 0.1) is 5.41 Å². The van der Waals surface area contributed by atoms with E-state index in [2.05, 4.69) is 20.0 Å². The molecule has 1 aliphatic carbocycles. The quantitative estimate of drug-likeness (QED) is 0.731. The van der Waals surface area contributed by atoms with Crippen molar-refractivity contribution in [1.82, 2.24) is 9.97 Å². The number of carbonyl (C=O) groups is 1. The van der Waals surface area contributed by atoms with Crippen molar-refractivity contribution >= 4 is 11.6 Å². The monoisotopic (exact) mass is 403 g/mol. The lowest BCUT2D eigenvalue weighted by atomic mass is 9.69. The molecule has 0 radical (unpaired) electrons. The molecule has 1 aromatic carbocycles. The molecule has 2 heterocycles. The van der Waals surface area contributed by atoms with Crippen LogP contribution < -0.4 is 21.3 Å². The molecular weight excluding hydrogens is 384 g/mol. The fourth-order valence-electron chi connectivity index (χ4n) is 4.18. The largest absolute Gasteiger partial charge is 0.435 e. The molecule has 1 aliphatic heterocycles. The molecule has 2 aromatic rings. The van der Waals surface area contributed by atoms with E-state index < -0.39 is 23.8 Å². The van der Waals surface area contributed by atoms with E-state index >= 15 is 0 Å². The topological polar surface area (TPSA) is 104 Å². The van der Waals surface area contributed by atoms with E-state index in [4.69, 9.17) is 0 Å². The van der Waals surface area contributed by atoms with Crippen molar-refractivity contribution in [2.75, 3.05) is 5.32 Å². The highest BCUT2D eigenvalue weighted by Crippen LogP contribution is 2.48. The van der Waals surface area contributed by atoms with E-state index in [9.17, 15) is 23.2 Å². The summed E-state index contributed by atoms with van der Waals surface area (Å²) in [5.41, 5.74) is -0.488. The molecule has 0 unspecified atom stereocenters. The summed E-state index contributed by atoms with van der Waals surface area (Å²) in [6.07, 6.45) is 0.745. The third-order valence-electron chi connectivity index (χ3n) is 5.20. The smallest absolute Gasteiger partial charge is 0.387 e. The number of benzene rings is 1. The summed E-state index contributed by atoms with van der Waals surface area (Å²) in [7, 11) is 0. The summed E-state index contributed by atoms with van der Waals surface area (Å²) in [5.74, 6) is -1.10. The van der Waals surface area contributed by atoms with Crippen molar-refractivity contribution in [2.24, 2.45) is 5.41 Å². The highest BCUT2D eigenvalue weighted by atomic mass is 19.3. The summed E-state index contributed by atoms with van der Waals surface area (Å²) in [5, 5.41) is 3.02. The highest BCUT2D eigenvalue weighted by Gasteiger charge is 2.43. The van der Waals surface area contributed by atoms with Gasteiger partial charge in [0.2, 0.25) is 0 Å². The summed E-state index contributed by atoms with van der Waals surface area (Å²) in [4.78, 5) is 42.3. The van der Waals surface area contributed by atoms with Crippen LogP contribution in [0.3, 0.4) is 0 Å². The lowest BCUT2D eigenvalue weighted by molar-refractivity contribution is -0.118. The first-order chi connectivity index (χ1) is 13.7. The number of allylic oxidation sites excluding steroid dienone is 2. The number of nitrogens with one attached hydrogen (secondary N) is 3. The predicted octanol–water partition coefficient (Wildman–Crippen LogP) is 2.87. The molecule has 0 saturated heterocycles. The molecule has 9 heteroatoms. The first kappa shape index (κ1) is 19.1. The zero-order chi connectivity index (χ0) is 20.9. The molecule has 0 bridgehead atoms. The van der Waals surface area contributed by atoms with Crippen LogP contribution in [-0.4, -0.2) is 22.4 Å². The first-order valence-corrected chi connectivity index (χ1v) is 9.10. The third kappa shape index (κ3) is 3.37. The number of aromatic nitrogens is 2. The number of carbonyl (C=O) groups excluding carboxylic acids is 1. The van der Waals surface area contributed by atoms with Gasteiger partial charge >= 0.3 is 12.3 Å². The van der Waals surface area contributed by atoms with Gasteiger partial charge in [0.1, 0.15) is 11.6 Å². The van der Waals surface area contributed by atoms with Crippen LogP contribution in [0.2, 0.25) is 0 Å². The molecule has 152 valence electrons. The average molecular weight is 403 g/mol. The van der Waals surface area contributed by atoms with E-state index in [0.29, 0.717) is 17.7 Å². The number of fused-ring (bicyclic) bond motifs is 1. The van der Waals surface area contributed by atoms with Crippen LogP contribution >= 0.6 is 0 Å². The van der Waals surface area contributed by atoms with Crippen molar-refractivity contribution in [1.29, 1.82) is 0 Å². The van der Waals surface area contributed by atoms with E-state index in [1.807, 2.05) is 13.8 Å². The lowest BCUT2D eigenvalue weighted by Gasteiger charge is -2.38. The maximum absolute atomic E-state index is 13.1. The molecule has 1 atom stereocenters. The Bertz CT molecular complexity index is 1150. The number of hydrogen-bond acceptors (Lipinski definition) is 5. The summed E-state index contributed by atoms with van der Waals surface area (Å²) in [6.45, 7) is 0.811. The molecule has 1 aromatic heterocycles. The molecule has 0 fully saturated rings. The van der Waals surface area contributed by atoms with Gasteiger partial charge in [0.05, 0.1) is 11.5 Å². The molecule has 7 nitrogen and oxygen atoms in total. The summed E-state index contributed by atoms with van der Waals surface area (Å²) >= 11 is 0. The van der Waals surface area contributed by atoms with Gasteiger partial charge in [-0.3, -0.25) is 19.6 Å². The van der Waals surface area contributed by atoms with Gasteiger partial charge < -0.3 is 10.1 Å². The minimum atomic E-state index is -3.07. The summed E-state index contributed by atoms with van der Waals surface area (Å²) in [6, 6.07) is 6.05. The number of Topliss-reactive ketones (excluding diaryl/α,β-unsaturated/α-hetero) is 1. The van der Waals surface area contributed by atoms with Gasteiger partial charge in [-0.15, -0.1) is 0 Å². The second kappa shape index (κ2) is 6.68. The fraction of sp³-hybridized carbons (Fsp3) is 0.350. The Morgan fingerprint density at radius 2 is 1.83 bits per heavy atom. The van der Waals surface area contributed by atoms with Gasteiger partial charge in [-0.2, -0.15) is 8.78 Å². The van der Waals surface area contributed by atoms with Crippen molar-refractivity contribution < 1.29 is 18.3 Å². The minimum Gasteiger partial charge on any atom is -0.435 e. The van der Waals surface area contributed by atoms with Crippen LogP contribution in [0.5, 0.6) is 5.75 Å². The van der Waals surface area contributed by atoms with Crippen LogP contribution in [0.25, 0.3) is 0 Å². The third-order valence-corrected chi connectivity index (χ3v) is 5.20. The van der Waals surface area contributed by atoms with Crippen LogP contribution in [-0.2, 0) is 4.79 Å². The van der Waals surface area contributed by atoms with Gasteiger partial charge in [0.25, 0.3) is 5.56 Å². The maximum Gasteiger partial charge on any atom is 0.387 e. The SMILES string of the molecule is CC1(C)CC(=O)C2=C(C1)Nc1[nH]c(=O)[nH]c(=O)c1[C@@H]2c1ccccc1OC(F)F. The van der Waals surface area contributed by atoms with Crippen LogP contribution in [0.1, 0.15) is 43.7 Å². The Morgan fingerprint density at radius 1 is 1.10 bits per heavy atom. The second-order valence-corrected chi connectivity index (χ2v) is 8.00. The van der Waals surface area contributed by atoms with Crippen LogP contribution in [0.15, 0.2) is 45.1 Å². The van der Waals surface area contributed by atoms with Gasteiger partial charge in [0.15, 0.2) is 5.78 Å². The van der Waals surface area contributed by atoms with Crippen LogP contribution in [0.4, 0.5) is 14.6 Å². The molecule has 0 saturated carbocycles. The molecule has 2 aliphatic rings. The number of para-hydroxylation sites is 1. The van der Waals surface area contributed by atoms with E-state index in [1.165, 1.54) is 12.1 Å². The van der Waals surface area contributed by atoms with E-state index in [-0.39, 0.29) is 40.3 Å². The molecule has 3 N–H and O–H groups in total. The predicted molar refractivity (Wildman–Crippen MR) is 101 cm³/mol. The Balaban J connectivity index is 2.01. The first-order valence-electron chi connectivity index (χ1n) is 9.10. The van der Waals surface area contributed by atoms with Crippen molar-refractivity contribution in [3.63, 3.8) is 0 Å². The van der Waals surface area contributed by atoms with Gasteiger partial charge in [-0.05, 0) is 17.9 Å². The summed E-state index contributed by atoms with van der Waals surface area (Å²) < 4.78 is 30.6. The van der Waals surface area contributed by atoms with Crippen molar-refractivity contribution in [2.45, 2.75) is 39.2 Å². The number of aromatic amines is 2. The van der Waals surface area contributed by atoms with Crippen molar-refractivity contribution in [3.8, 4) is 5.75 Å². The minimum absolute atomic E-state index is 0.0849.